The number of H-pyrrole nitrogens is 1. The molecule has 0 aliphatic carbocycles. The molecular formula is C12H14N6. The Balaban J connectivity index is 2.07. The van der Waals surface area contributed by atoms with Crippen LogP contribution in [0.5, 0.6) is 0 Å². The smallest absolute Gasteiger partial charge is 0.137 e. The number of hydrogen-bond donors (Lipinski definition) is 2. The summed E-state index contributed by atoms with van der Waals surface area (Å²) in [6.45, 7) is 4.44. The van der Waals surface area contributed by atoms with Crippen LogP contribution < -0.4 is 5.32 Å². The van der Waals surface area contributed by atoms with Crippen LogP contribution in [0.4, 0.5) is 5.69 Å². The van der Waals surface area contributed by atoms with Gasteiger partial charge in [-0.1, -0.05) is 0 Å². The molecule has 0 unspecified atom stereocenters. The first-order chi connectivity index (χ1) is 8.70. The summed E-state index contributed by atoms with van der Waals surface area (Å²) < 4.78 is 0. The zero-order chi connectivity index (χ0) is 13.0. The standard InChI is InChI=1S/C12H14N6/c1-8-5-11(10(6-13)9(2)17-8)14-4-3-12-15-7-16-18-12/h5,7H,3-4H2,1-2H3,(H,14,17)(H,15,16,18). The fourth-order valence-corrected chi connectivity index (χ4v) is 1.78. The second kappa shape index (κ2) is 5.27. The molecule has 0 aliphatic rings. The van der Waals surface area contributed by atoms with Crippen molar-refractivity contribution in [3.63, 3.8) is 0 Å². The maximum Gasteiger partial charge on any atom is 0.137 e. The van der Waals surface area contributed by atoms with E-state index in [-0.39, 0.29) is 0 Å². The van der Waals surface area contributed by atoms with Crippen molar-refractivity contribution >= 4 is 5.69 Å². The summed E-state index contributed by atoms with van der Waals surface area (Å²) >= 11 is 0. The van der Waals surface area contributed by atoms with Crippen molar-refractivity contribution in [2.45, 2.75) is 20.3 Å². The quantitative estimate of drug-likeness (QED) is 0.844. The summed E-state index contributed by atoms with van der Waals surface area (Å²) in [5, 5.41) is 18.9. The molecule has 0 amide bonds. The second-order valence-corrected chi connectivity index (χ2v) is 3.99. The number of anilines is 1. The monoisotopic (exact) mass is 242 g/mol. The lowest BCUT2D eigenvalue weighted by atomic mass is 10.1. The van der Waals surface area contributed by atoms with Gasteiger partial charge in [-0.15, -0.1) is 0 Å². The average Bonchev–Trinajstić information content (AvgIpc) is 2.81. The van der Waals surface area contributed by atoms with Crippen molar-refractivity contribution in [3.8, 4) is 6.07 Å². The largest absolute Gasteiger partial charge is 0.383 e. The molecule has 0 saturated carbocycles. The fourth-order valence-electron chi connectivity index (χ4n) is 1.78. The van der Waals surface area contributed by atoms with E-state index in [9.17, 15) is 0 Å². The van der Waals surface area contributed by atoms with E-state index in [0.29, 0.717) is 12.1 Å². The van der Waals surface area contributed by atoms with Crippen LogP contribution in [0.2, 0.25) is 0 Å². The van der Waals surface area contributed by atoms with Crippen LogP contribution in [-0.2, 0) is 6.42 Å². The Kier molecular flexibility index (Phi) is 3.53. The topological polar surface area (TPSA) is 90.3 Å². The van der Waals surface area contributed by atoms with Crippen LogP contribution in [0, 0.1) is 25.2 Å². The van der Waals surface area contributed by atoms with E-state index >= 15 is 0 Å². The van der Waals surface area contributed by atoms with Crippen LogP contribution in [0.3, 0.4) is 0 Å². The minimum atomic E-state index is 0.596. The highest BCUT2D eigenvalue weighted by Crippen LogP contribution is 2.18. The molecular weight excluding hydrogens is 228 g/mol. The second-order valence-electron chi connectivity index (χ2n) is 3.99. The van der Waals surface area contributed by atoms with Gasteiger partial charge in [0.05, 0.1) is 16.9 Å². The van der Waals surface area contributed by atoms with Gasteiger partial charge in [-0.05, 0) is 19.9 Å². The van der Waals surface area contributed by atoms with Crippen molar-refractivity contribution in [1.29, 1.82) is 5.26 Å². The van der Waals surface area contributed by atoms with Gasteiger partial charge in [0, 0.05) is 18.7 Å². The Bertz CT molecular complexity index is 567. The summed E-state index contributed by atoms with van der Waals surface area (Å²) in [5.41, 5.74) is 3.06. The molecule has 0 atom stereocenters. The number of nitrogens with zero attached hydrogens (tertiary/aromatic N) is 4. The third kappa shape index (κ3) is 2.63. The lowest BCUT2D eigenvalue weighted by molar-refractivity contribution is 0.899. The molecule has 0 spiro atoms. The summed E-state index contributed by atoms with van der Waals surface area (Å²) in [7, 11) is 0. The van der Waals surface area contributed by atoms with E-state index in [0.717, 1.165) is 29.3 Å². The van der Waals surface area contributed by atoms with E-state index in [2.05, 4.69) is 31.6 Å². The molecule has 0 fully saturated rings. The van der Waals surface area contributed by atoms with Gasteiger partial charge >= 0.3 is 0 Å². The number of aryl methyl sites for hydroxylation is 2. The Morgan fingerprint density at radius 2 is 2.28 bits per heavy atom. The first kappa shape index (κ1) is 12.0. The van der Waals surface area contributed by atoms with Gasteiger partial charge in [0.1, 0.15) is 18.2 Å². The van der Waals surface area contributed by atoms with E-state index in [1.54, 1.807) is 0 Å². The van der Waals surface area contributed by atoms with Gasteiger partial charge in [0.2, 0.25) is 0 Å². The molecule has 0 radical (unpaired) electrons. The predicted molar refractivity (Wildman–Crippen MR) is 67.0 cm³/mol. The number of nitriles is 1. The summed E-state index contributed by atoms with van der Waals surface area (Å²) in [4.78, 5) is 8.31. The van der Waals surface area contributed by atoms with Crippen molar-refractivity contribution in [2.24, 2.45) is 0 Å². The SMILES string of the molecule is Cc1cc(NCCc2ncn[nH]2)c(C#N)c(C)n1. The van der Waals surface area contributed by atoms with Crippen LogP contribution in [-0.4, -0.2) is 26.7 Å². The van der Waals surface area contributed by atoms with Crippen LogP contribution in [0.1, 0.15) is 22.8 Å². The Morgan fingerprint density at radius 3 is 2.94 bits per heavy atom. The van der Waals surface area contributed by atoms with Crippen LogP contribution >= 0.6 is 0 Å². The highest BCUT2D eigenvalue weighted by molar-refractivity contribution is 5.59. The third-order valence-corrected chi connectivity index (χ3v) is 2.58. The van der Waals surface area contributed by atoms with E-state index in [1.165, 1.54) is 6.33 Å². The van der Waals surface area contributed by atoms with Gasteiger partial charge in [0.25, 0.3) is 0 Å². The predicted octanol–water partition coefficient (Wildman–Crippen LogP) is 1.34. The highest BCUT2D eigenvalue weighted by Gasteiger charge is 2.07. The fraction of sp³-hybridized carbons (Fsp3) is 0.333. The number of hydrogen-bond acceptors (Lipinski definition) is 5. The van der Waals surface area contributed by atoms with Gasteiger partial charge < -0.3 is 5.32 Å². The molecule has 2 rings (SSSR count). The molecule has 2 heterocycles. The van der Waals surface area contributed by atoms with Crippen LogP contribution in [0.15, 0.2) is 12.4 Å². The molecule has 18 heavy (non-hydrogen) atoms. The molecule has 0 saturated heterocycles. The maximum atomic E-state index is 9.11. The first-order valence-electron chi connectivity index (χ1n) is 5.67. The van der Waals surface area contributed by atoms with Gasteiger partial charge in [-0.25, -0.2) is 4.98 Å². The van der Waals surface area contributed by atoms with E-state index in [4.69, 9.17) is 5.26 Å². The lowest BCUT2D eigenvalue weighted by Crippen LogP contribution is -2.09. The van der Waals surface area contributed by atoms with Crippen molar-refractivity contribution in [1.82, 2.24) is 20.2 Å². The third-order valence-electron chi connectivity index (χ3n) is 2.58. The summed E-state index contributed by atoms with van der Waals surface area (Å²) in [6, 6.07) is 4.05. The maximum absolute atomic E-state index is 9.11. The number of rotatable bonds is 4. The van der Waals surface area contributed by atoms with Crippen LogP contribution in [0.25, 0.3) is 0 Å². The molecule has 0 aliphatic heterocycles. The molecule has 0 aromatic carbocycles. The number of nitrogens with one attached hydrogen (secondary N) is 2. The number of aromatic nitrogens is 4. The molecule has 0 bridgehead atoms. The average molecular weight is 242 g/mol. The highest BCUT2D eigenvalue weighted by atomic mass is 15.2. The van der Waals surface area contributed by atoms with Gasteiger partial charge in [-0.3, -0.25) is 10.1 Å². The van der Waals surface area contributed by atoms with E-state index < -0.39 is 0 Å². The Morgan fingerprint density at radius 1 is 1.44 bits per heavy atom. The molecule has 6 nitrogen and oxygen atoms in total. The molecule has 2 N–H and O–H groups in total. The first-order valence-corrected chi connectivity index (χ1v) is 5.67. The minimum Gasteiger partial charge on any atom is -0.383 e. The molecule has 92 valence electrons. The normalized spacial score (nSPS) is 10.1. The Labute approximate surface area is 105 Å². The Hall–Kier alpha value is -2.42. The van der Waals surface area contributed by atoms with E-state index in [1.807, 2.05) is 19.9 Å². The zero-order valence-electron chi connectivity index (χ0n) is 10.4. The van der Waals surface area contributed by atoms with Crippen molar-refractivity contribution in [3.05, 3.63) is 35.2 Å². The zero-order valence-corrected chi connectivity index (χ0v) is 10.4. The number of aromatic amines is 1. The lowest BCUT2D eigenvalue weighted by Gasteiger charge is -2.09. The van der Waals surface area contributed by atoms with Gasteiger partial charge in [-0.2, -0.15) is 10.4 Å². The molecule has 6 heteroatoms. The van der Waals surface area contributed by atoms with Crippen molar-refractivity contribution in [2.75, 3.05) is 11.9 Å². The molecule has 2 aromatic heterocycles. The summed E-state index contributed by atoms with van der Waals surface area (Å²) in [6.07, 6.45) is 2.21. The minimum absolute atomic E-state index is 0.596. The molecule has 2 aromatic rings. The van der Waals surface area contributed by atoms with Gasteiger partial charge in [0.15, 0.2) is 0 Å². The summed E-state index contributed by atoms with van der Waals surface area (Å²) in [5.74, 6) is 0.823. The number of pyridine rings is 1. The van der Waals surface area contributed by atoms with Crippen molar-refractivity contribution < 1.29 is 0 Å².